The van der Waals surface area contributed by atoms with Crippen molar-refractivity contribution >= 4 is 11.9 Å². The van der Waals surface area contributed by atoms with Gasteiger partial charge < -0.3 is 10.6 Å². The summed E-state index contributed by atoms with van der Waals surface area (Å²) in [5.41, 5.74) is 3.19. The molecule has 0 spiro atoms. The molecule has 1 heterocycles. The van der Waals surface area contributed by atoms with Crippen LogP contribution in [-0.4, -0.2) is 21.9 Å². The van der Waals surface area contributed by atoms with Crippen LogP contribution in [0, 0.1) is 5.92 Å². The van der Waals surface area contributed by atoms with Gasteiger partial charge in [0.15, 0.2) is 0 Å². The van der Waals surface area contributed by atoms with Gasteiger partial charge in [0.2, 0.25) is 11.9 Å². The first-order chi connectivity index (χ1) is 11.7. The first-order valence-corrected chi connectivity index (χ1v) is 8.68. The normalized spacial score (nSPS) is 18.0. The van der Waals surface area contributed by atoms with E-state index in [4.69, 9.17) is 0 Å². The summed E-state index contributed by atoms with van der Waals surface area (Å²) >= 11 is 0. The van der Waals surface area contributed by atoms with Crippen LogP contribution in [0.15, 0.2) is 36.7 Å². The molecule has 1 aromatic carbocycles. The van der Waals surface area contributed by atoms with E-state index in [0.29, 0.717) is 12.0 Å². The summed E-state index contributed by atoms with van der Waals surface area (Å²) < 4.78 is 0. The van der Waals surface area contributed by atoms with E-state index in [1.807, 2.05) is 19.3 Å². The highest BCUT2D eigenvalue weighted by atomic mass is 16.2. The topological polar surface area (TPSA) is 66.9 Å². The Morgan fingerprint density at radius 3 is 2.29 bits per heavy atom. The SMILES string of the molecule is C[C@H](NC(=O)C1CC1)c1ccc(-c2cnc(NC3CC3)nc2)cc1. The van der Waals surface area contributed by atoms with Crippen LogP contribution in [0.4, 0.5) is 5.95 Å². The van der Waals surface area contributed by atoms with Gasteiger partial charge in [-0.3, -0.25) is 4.79 Å². The smallest absolute Gasteiger partial charge is 0.223 e. The summed E-state index contributed by atoms with van der Waals surface area (Å²) in [7, 11) is 0. The molecule has 2 aliphatic carbocycles. The lowest BCUT2D eigenvalue weighted by Gasteiger charge is -2.14. The molecule has 5 nitrogen and oxygen atoms in total. The number of anilines is 1. The molecule has 2 fully saturated rings. The molecule has 1 aromatic heterocycles. The molecule has 24 heavy (non-hydrogen) atoms. The lowest BCUT2D eigenvalue weighted by Crippen LogP contribution is -2.27. The third-order valence-corrected chi connectivity index (χ3v) is 4.61. The van der Waals surface area contributed by atoms with Crippen LogP contribution in [-0.2, 0) is 4.79 Å². The number of hydrogen-bond donors (Lipinski definition) is 2. The molecule has 1 amide bonds. The predicted molar refractivity (Wildman–Crippen MR) is 93.4 cm³/mol. The third kappa shape index (κ3) is 3.55. The molecule has 0 radical (unpaired) electrons. The first kappa shape index (κ1) is 15.1. The maximum Gasteiger partial charge on any atom is 0.223 e. The molecule has 124 valence electrons. The third-order valence-electron chi connectivity index (χ3n) is 4.61. The average molecular weight is 322 g/mol. The molecule has 1 atom stereocenters. The summed E-state index contributed by atoms with van der Waals surface area (Å²) in [5, 5.41) is 6.37. The largest absolute Gasteiger partial charge is 0.351 e. The fourth-order valence-electron chi connectivity index (χ4n) is 2.69. The van der Waals surface area contributed by atoms with Gasteiger partial charge in [-0.25, -0.2) is 9.97 Å². The van der Waals surface area contributed by atoms with Gasteiger partial charge in [-0.2, -0.15) is 0 Å². The predicted octanol–water partition coefficient (Wildman–Crippen LogP) is 3.31. The molecule has 5 heteroatoms. The van der Waals surface area contributed by atoms with E-state index in [1.54, 1.807) is 0 Å². The van der Waals surface area contributed by atoms with Crippen molar-refractivity contribution < 1.29 is 4.79 Å². The molecule has 0 saturated heterocycles. The lowest BCUT2D eigenvalue weighted by atomic mass is 10.0. The Morgan fingerprint density at radius 1 is 1.04 bits per heavy atom. The highest BCUT2D eigenvalue weighted by molar-refractivity contribution is 5.81. The van der Waals surface area contributed by atoms with Gasteiger partial charge in [0.1, 0.15) is 0 Å². The summed E-state index contributed by atoms with van der Waals surface area (Å²) in [4.78, 5) is 20.6. The minimum absolute atomic E-state index is 0.0357. The molecule has 2 aliphatic rings. The van der Waals surface area contributed by atoms with E-state index in [1.165, 1.54) is 12.8 Å². The Labute approximate surface area is 141 Å². The molecule has 0 aliphatic heterocycles. The zero-order valence-electron chi connectivity index (χ0n) is 13.8. The Balaban J connectivity index is 1.41. The van der Waals surface area contributed by atoms with Crippen LogP contribution in [0.1, 0.15) is 44.2 Å². The molecule has 4 rings (SSSR count). The average Bonchev–Trinajstić information content (AvgIpc) is 3.49. The number of nitrogens with one attached hydrogen (secondary N) is 2. The molecule has 0 bridgehead atoms. The van der Waals surface area contributed by atoms with Gasteiger partial charge in [-0.1, -0.05) is 24.3 Å². The number of aromatic nitrogens is 2. The second-order valence-corrected chi connectivity index (χ2v) is 6.84. The molecule has 2 saturated carbocycles. The van der Waals surface area contributed by atoms with Crippen LogP contribution in [0.2, 0.25) is 0 Å². The van der Waals surface area contributed by atoms with Crippen molar-refractivity contribution in [3.05, 3.63) is 42.2 Å². The molecule has 2 N–H and O–H groups in total. The standard InChI is InChI=1S/C19H22N4O/c1-12(22-18(24)15-6-7-15)13-2-4-14(5-3-13)16-10-20-19(21-11-16)23-17-8-9-17/h2-5,10-12,15,17H,6-9H2,1H3,(H,22,24)(H,20,21,23)/t12-/m0/s1. The van der Waals surface area contributed by atoms with Crippen LogP contribution < -0.4 is 10.6 Å². The second kappa shape index (κ2) is 6.23. The monoisotopic (exact) mass is 322 g/mol. The molecular weight excluding hydrogens is 300 g/mol. The van der Waals surface area contributed by atoms with E-state index in [2.05, 4.69) is 44.9 Å². The zero-order valence-corrected chi connectivity index (χ0v) is 13.8. The number of carbonyl (C=O) groups is 1. The quantitative estimate of drug-likeness (QED) is 0.856. The Hall–Kier alpha value is -2.43. The minimum atomic E-state index is 0.0357. The van der Waals surface area contributed by atoms with Crippen molar-refractivity contribution in [1.29, 1.82) is 0 Å². The molecule has 0 unspecified atom stereocenters. The second-order valence-electron chi connectivity index (χ2n) is 6.84. The van der Waals surface area contributed by atoms with Crippen molar-refractivity contribution in [2.75, 3.05) is 5.32 Å². The van der Waals surface area contributed by atoms with Gasteiger partial charge in [0, 0.05) is 29.9 Å². The van der Waals surface area contributed by atoms with E-state index < -0.39 is 0 Å². The Bertz CT molecular complexity index is 718. The van der Waals surface area contributed by atoms with Crippen LogP contribution in [0.25, 0.3) is 11.1 Å². The highest BCUT2D eigenvalue weighted by Crippen LogP contribution is 2.30. The van der Waals surface area contributed by atoms with Crippen molar-refractivity contribution in [3.63, 3.8) is 0 Å². The van der Waals surface area contributed by atoms with E-state index >= 15 is 0 Å². The van der Waals surface area contributed by atoms with Gasteiger partial charge in [0.25, 0.3) is 0 Å². The fourth-order valence-corrected chi connectivity index (χ4v) is 2.69. The summed E-state index contributed by atoms with van der Waals surface area (Å²) in [6.45, 7) is 2.02. The number of nitrogens with zero attached hydrogens (tertiary/aromatic N) is 2. The van der Waals surface area contributed by atoms with Crippen molar-refractivity contribution in [2.45, 2.75) is 44.7 Å². The maximum atomic E-state index is 11.9. The summed E-state index contributed by atoms with van der Waals surface area (Å²) in [6.07, 6.45) is 8.19. The van der Waals surface area contributed by atoms with Crippen LogP contribution >= 0.6 is 0 Å². The Morgan fingerprint density at radius 2 is 1.71 bits per heavy atom. The van der Waals surface area contributed by atoms with E-state index in [9.17, 15) is 4.79 Å². The maximum absolute atomic E-state index is 11.9. The summed E-state index contributed by atoms with van der Waals surface area (Å²) in [5.74, 6) is 1.12. The van der Waals surface area contributed by atoms with Crippen molar-refractivity contribution in [3.8, 4) is 11.1 Å². The van der Waals surface area contributed by atoms with Crippen LogP contribution in [0.3, 0.4) is 0 Å². The van der Waals surface area contributed by atoms with E-state index in [0.717, 1.165) is 29.5 Å². The number of hydrogen-bond acceptors (Lipinski definition) is 4. The number of rotatable bonds is 6. The van der Waals surface area contributed by atoms with Gasteiger partial charge in [-0.15, -0.1) is 0 Å². The molecular formula is C19H22N4O. The first-order valence-electron chi connectivity index (χ1n) is 8.68. The van der Waals surface area contributed by atoms with Crippen molar-refractivity contribution in [1.82, 2.24) is 15.3 Å². The van der Waals surface area contributed by atoms with Gasteiger partial charge in [-0.05, 0) is 43.7 Å². The zero-order chi connectivity index (χ0) is 16.5. The van der Waals surface area contributed by atoms with Crippen molar-refractivity contribution in [2.24, 2.45) is 5.92 Å². The highest BCUT2D eigenvalue weighted by Gasteiger charge is 2.30. The van der Waals surface area contributed by atoms with Crippen LogP contribution in [0.5, 0.6) is 0 Å². The van der Waals surface area contributed by atoms with Gasteiger partial charge in [0.05, 0.1) is 6.04 Å². The minimum Gasteiger partial charge on any atom is -0.351 e. The Kier molecular flexibility index (Phi) is 3.92. The molecule has 2 aromatic rings. The summed E-state index contributed by atoms with van der Waals surface area (Å²) in [6, 6.07) is 8.83. The number of amides is 1. The number of carbonyl (C=O) groups excluding carboxylic acids is 1. The lowest BCUT2D eigenvalue weighted by molar-refractivity contribution is -0.122. The number of benzene rings is 1. The fraction of sp³-hybridized carbons (Fsp3) is 0.421. The van der Waals surface area contributed by atoms with E-state index in [-0.39, 0.29) is 17.9 Å². The van der Waals surface area contributed by atoms with Gasteiger partial charge >= 0.3 is 0 Å².